The van der Waals surface area contributed by atoms with Gasteiger partial charge in [-0.15, -0.1) is 0 Å². The van der Waals surface area contributed by atoms with Crippen LogP contribution in [0.3, 0.4) is 0 Å². The molecule has 0 atom stereocenters. The fourth-order valence-electron chi connectivity index (χ4n) is 1.33. The van der Waals surface area contributed by atoms with Gasteiger partial charge in [0.15, 0.2) is 0 Å². The normalized spacial score (nSPS) is 11.4. The van der Waals surface area contributed by atoms with E-state index in [1.54, 1.807) is 0 Å². The lowest BCUT2D eigenvalue weighted by Crippen LogP contribution is -2.26. The molecule has 0 radical (unpaired) electrons. The van der Waals surface area contributed by atoms with E-state index in [2.05, 4.69) is 20.0 Å². The molecule has 1 aromatic heterocycles. The Kier molecular flexibility index (Phi) is 4.64. The lowest BCUT2D eigenvalue weighted by atomic mass is 10.2. The summed E-state index contributed by atoms with van der Waals surface area (Å²) in [7, 11) is -1.82. The van der Waals surface area contributed by atoms with E-state index in [9.17, 15) is 8.42 Å². The molecule has 7 nitrogen and oxygen atoms in total. The average molecular weight is 259 g/mol. The summed E-state index contributed by atoms with van der Waals surface area (Å²) in [6.45, 7) is 2.21. The van der Waals surface area contributed by atoms with Crippen LogP contribution in [0.25, 0.3) is 0 Å². The van der Waals surface area contributed by atoms with Gasteiger partial charge in [-0.1, -0.05) is 6.92 Å². The molecular weight excluding hydrogens is 242 g/mol. The Bertz CT molecular complexity index is 474. The Balaban J connectivity index is 2.67. The van der Waals surface area contributed by atoms with E-state index in [0.717, 1.165) is 5.56 Å². The first-order chi connectivity index (χ1) is 8.00. The van der Waals surface area contributed by atoms with Crippen molar-refractivity contribution in [2.75, 3.05) is 30.4 Å². The van der Waals surface area contributed by atoms with Gasteiger partial charge in [0, 0.05) is 12.1 Å². The van der Waals surface area contributed by atoms with Gasteiger partial charge < -0.3 is 11.1 Å². The quantitative estimate of drug-likeness (QED) is 0.640. The number of nitrogens with one attached hydrogen (secondary N) is 2. The van der Waals surface area contributed by atoms with Crippen molar-refractivity contribution in [1.29, 1.82) is 0 Å². The van der Waals surface area contributed by atoms with Gasteiger partial charge in [-0.25, -0.2) is 23.1 Å². The van der Waals surface area contributed by atoms with Crippen molar-refractivity contribution >= 4 is 21.7 Å². The van der Waals surface area contributed by atoms with Gasteiger partial charge in [0.05, 0.1) is 5.75 Å². The van der Waals surface area contributed by atoms with Crippen molar-refractivity contribution in [3.63, 3.8) is 0 Å². The number of nitrogen functional groups attached to an aromatic ring is 1. The molecule has 0 unspecified atom stereocenters. The van der Waals surface area contributed by atoms with Crippen molar-refractivity contribution in [2.45, 2.75) is 13.3 Å². The maximum atomic E-state index is 11.2. The van der Waals surface area contributed by atoms with E-state index in [-0.39, 0.29) is 12.3 Å². The lowest BCUT2D eigenvalue weighted by Gasteiger charge is -2.10. The zero-order chi connectivity index (χ0) is 12.9. The number of hydrogen-bond donors (Lipinski definition) is 3. The Labute approximate surface area is 101 Å². The molecule has 0 fully saturated rings. The molecule has 1 aromatic rings. The summed E-state index contributed by atoms with van der Waals surface area (Å²) >= 11 is 0. The van der Waals surface area contributed by atoms with Crippen LogP contribution in [0, 0.1) is 0 Å². The van der Waals surface area contributed by atoms with Crippen LogP contribution in [0.2, 0.25) is 0 Å². The zero-order valence-corrected chi connectivity index (χ0v) is 10.7. The van der Waals surface area contributed by atoms with Gasteiger partial charge in [0.25, 0.3) is 0 Å². The topological polar surface area (TPSA) is 110 Å². The highest BCUT2D eigenvalue weighted by molar-refractivity contribution is 7.89. The molecule has 17 heavy (non-hydrogen) atoms. The molecule has 1 rings (SSSR count). The summed E-state index contributed by atoms with van der Waals surface area (Å²) in [5, 5.41) is 2.95. The summed E-state index contributed by atoms with van der Waals surface area (Å²) in [6, 6.07) is 0. The van der Waals surface area contributed by atoms with Gasteiger partial charge in [0.2, 0.25) is 10.0 Å². The highest BCUT2D eigenvalue weighted by Crippen LogP contribution is 2.16. The van der Waals surface area contributed by atoms with Gasteiger partial charge in [-0.2, -0.15) is 0 Å². The van der Waals surface area contributed by atoms with E-state index >= 15 is 0 Å². The van der Waals surface area contributed by atoms with E-state index < -0.39 is 10.0 Å². The second-order valence-electron chi connectivity index (χ2n) is 3.39. The first kappa shape index (κ1) is 13.7. The predicted molar refractivity (Wildman–Crippen MR) is 67.2 cm³/mol. The molecular formula is C9H17N5O2S. The highest BCUT2D eigenvalue weighted by Gasteiger charge is 2.09. The SMILES string of the molecule is CCc1c(N)ncnc1NCCS(=O)(=O)NC. The highest BCUT2D eigenvalue weighted by atomic mass is 32.2. The Morgan fingerprint density at radius 3 is 2.71 bits per heavy atom. The van der Waals surface area contributed by atoms with Crippen molar-refractivity contribution in [3.05, 3.63) is 11.9 Å². The summed E-state index contributed by atoms with van der Waals surface area (Å²) in [4.78, 5) is 7.92. The van der Waals surface area contributed by atoms with Crippen molar-refractivity contribution in [2.24, 2.45) is 0 Å². The minimum Gasteiger partial charge on any atom is -0.383 e. The molecule has 0 bridgehead atoms. The molecule has 0 spiro atoms. The Hall–Kier alpha value is -1.41. The van der Waals surface area contributed by atoms with Crippen LogP contribution >= 0.6 is 0 Å². The first-order valence-electron chi connectivity index (χ1n) is 5.24. The van der Waals surface area contributed by atoms with Crippen molar-refractivity contribution in [3.8, 4) is 0 Å². The molecule has 0 aliphatic carbocycles. The van der Waals surface area contributed by atoms with Crippen LogP contribution < -0.4 is 15.8 Å². The standard InChI is InChI=1S/C9H17N5O2S/c1-3-7-8(10)13-6-14-9(7)12-4-5-17(15,16)11-2/h6,11H,3-5H2,1-2H3,(H3,10,12,13,14). The molecule has 1 heterocycles. The second kappa shape index (κ2) is 5.78. The molecule has 96 valence electrons. The van der Waals surface area contributed by atoms with Crippen LogP contribution in [-0.2, 0) is 16.4 Å². The fraction of sp³-hybridized carbons (Fsp3) is 0.556. The first-order valence-corrected chi connectivity index (χ1v) is 6.89. The Morgan fingerprint density at radius 1 is 1.41 bits per heavy atom. The van der Waals surface area contributed by atoms with Crippen LogP contribution in [0.4, 0.5) is 11.6 Å². The third-order valence-electron chi connectivity index (χ3n) is 2.31. The van der Waals surface area contributed by atoms with Gasteiger partial charge in [0.1, 0.15) is 18.0 Å². The number of sulfonamides is 1. The Morgan fingerprint density at radius 2 is 2.12 bits per heavy atom. The molecule has 0 aromatic carbocycles. The summed E-state index contributed by atoms with van der Waals surface area (Å²) in [6.07, 6.45) is 2.04. The van der Waals surface area contributed by atoms with Crippen molar-refractivity contribution < 1.29 is 8.42 Å². The number of hydrogen-bond acceptors (Lipinski definition) is 6. The number of nitrogens with two attached hydrogens (primary N) is 1. The minimum atomic E-state index is -3.21. The van der Waals surface area contributed by atoms with E-state index in [4.69, 9.17) is 5.73 Å². The maximum Gasteiger partial charge on any atom is 0.213 e. The largest absolute Gasteiger partial charge is 0.383 e. The summed E-state index contributed by atoms with van der Waals surface area (Å²) in [5.41, 5.74) is 6.49. The van der Waals surface area contributed by atoms with Crippen LogP contribution in [0.15, 0.2) is 6.33 Å². The number of rotatable bonds is 6. The monoisotopic (exact) mass is 259 g/mol. The summed E-state index contributed by atoms with van der Waals surface area (Å²) in [5.74, 6) is 0.990. The molecule has 0 saturated heterocycles. The fourth-order valence-corrected chi connectivity index (χ4v) is 1.91. The third-order valence-corrected chi connectivity index (χ3v) is 3.67. The van der Waals surface area contributed by atoms with Crippen LogP contribution in [0.1, 0.15) is 12.5 Å². The molecule has 0 aliphatic rings. The smallest absolute Gasteiger partial charge is 0.213 e. The van der Waals surface area contributed by atoms with Gasteiger partial charge >= 0.3 is 0 Å². The van der Waals surface area contributed by atoms with Gasteiger partial charge in [-0.05, 0) is 13.5 Å². The van der Waals surface area contributed by atoms with Gasteiger partial charge in [-0.3, -0.25) is 0 Å². The average Bonchev–Trinajstić information content (AvgIpc) is 2.29. The maximum absolute atomic E-state index is 11.2. The second-order valence-corrected chi connectivity index (χ2v) is 5.44. The van der Waals surface area contributed by atoms with E-state index in [1.165, 1.54) is 13.4 Å². The molecule has 8 heteroatoms. The zero-order valence-electron chi connectivity index (χ0n) is 9.90. The molecule has 0 amide bonds. The molecule has 0 aliphatic heterocycles. The number of aromatic nitrogens is 2. The van der Waals surface area contributed by atoms with E-state index in [0.29, 0.717) is 18.1 Å². The minimum absolute atomic E-state index is 0.0173. The third kappa shape index (κ3) is 3.82. The predicted octanol–water partition coefficient (Wildman–Crippen LogP) is -0.418. The number of anilines is 2. The lowest BCUT2D eigenvalue weighted by molar-refractivity contribution is 0.588. The molecule has 0 saturated carbocycles. The van der Waals surface area contributed by atoms with Crippen LogP contribution in [0.5, 0.6) is 0 Å². The number of nitrogens with zero attached hydrogens (tertiary/aromatic N) is 2. The van der Waals surface area contributed by atoms with Crippen LogP contribution in [-0.4, -0.2) is 37.7 Å². The summed E-state index contributed by atoms with van der Waals surface area (Å²) < 4.78 is 24.6. The van der Waals surface area contributed by atoms with Crippen molar-refractivity contribution in [1.82, 2.24) is 14.7 Å². The van der Waals surface area contributed by atoms with E-state index in [1.807, 2.05) is 6.92 Å². The molecule has 4 N–H and O–H groups in total.